The lowest BCUT2D eigenvalue weighted by Crippen LogP contribution is -2.63. The van der Waals surface area contributed by atoms with E-state index in [1.54, 1.807) is 65.8 Å². The number of nitrogens with zero attached hydrogens (tertiary/aromatic N) is 2. The molecule has 3 saturated heterocycles. The predicted molar refractivity (Wildman–Crippen MR) is 148 cm³/mol. The zero-order valence-electron chi connectivity index (χ0n) is 24.1. The van der Waals surface area contributed by atoms with Crippen LogP contribution in [0.4, 0.5) is 5.69 Å². The molecule has 3 fully saturated rings. The Hall–Kier alpha value is -2.72. The minimum absolute atomic E-state index is 0.105. The predicted octanol–water partition coefficient (Wildman–Crippen LogP) is 2.49. The fourth-order valence-electron chi connectivity index (χ4n) is 5.60. The molecule has 0 bridgehead atoms. The van der Waals surface area contributed by atoms with Crippen LogP contribution in [0.2, 0.25) is 0 Å². The van der Waals surface area contributed by atoms with Crippen molar-refractivity contribution in [1.82, 2.24) is 15.8 Å². The van der Waals surface area contributed by atoms with Crippen LogP contribution < -0.4 is 16.1 Å². The van der Waals surface area contributed by atoms with E-state index in [1.807, 2.05) is 5.01 Å². The van der Waals surface area contributed by atoms with E-state index in [9.17, 15) is 23.3 Å². The lowest BCUT2D eigenvalue weighted by molar-refractivity contribution is -0.180. The number of piperidine rings is 1. The first kappa shape index (κ1) is 30.2. The molecule has 1 amide bonds. The molecule has 3 unspecified atom stereocenters. The second-order valence-corrected chi connectivity index (χ2v) is 15.6. The fourth-order valence-corrected chi connectivity index (χ4v) is 6.81. The van der Waals surface area contributed by atoms with Crippen molar-refractivity contribution in [3.63, 3.8) is 0 Å². The molecule has 11 nitrogen and oxygen atoms in total. The number of hydrogen-bond acceptors (Lipinski definition) is 10. The van der Waals surface area contributed by atoms with Gasteiger partial charge >= 0.3 is 5.97 Å². The molecule has 0 aromatic heterocycles. The summed E-state index contributed by atoms with van der Waals surface area (Å²) in [5.41, 5.74) is 2.74. The Morgan fingerprint density at radius 2 is 1.88 bits per heavy atom. The Morgan fingerprint density at radius 1 is 1.20 bits per heavy atom. The molecular formula is C28H41N5O6S. The highest BCUT2D eigenvalue weighted by Gasteiger charge is 2.56. The van der Waals surface area contributed by atoms with E-state index in [1.165, 1.54) is 0 Å². The van der Waals surface area contributed by atoms with Crippen LogP contribution in [-0.2, 0) is 28.9 Å². The van der Waals surface area contributed by atoms with E-state index in [0.29, 0.717) is 31.5 Å². The Kier molecular flexibility index (Phi) is 8.26. The molecule has 12 heteroatoms. The van der Waals surface area contributed by atoms with Crippen molar-refractivity contribution in [2.75, 3.05) is 18.5 Å². The van der Waals surface area contributed by atoms with Gasteiger partial charge in [-0.1, -0.05) is 0 Å². The summed E-state index contributed by atoms with van der Waals surface area (Å²) in [5, 5.41) is 18.1. The Labute approximate surface area is 236 Å². The van der Waals surface area contributed by atoms with Crippen molar-refractivity contribution in [2.45, 2.75) is 106 Å². The number of amides is 1. The molecule has 5 atom stereocenters. The number of carbonyl (C=O) groups excluding carboxylic acids is 2. The first-order chi connectivity index (χ1) is 18.6. The van der Waals surface area contributed by atoms with Gasteiger partial charge in [-0.25, -0.2) is 23.6 Å². The van der Waals surface area contributed by atoms with Crippen molar-refractivity contribution in [3.05, 3.63) is 24.3 Å². The monoisotopic (exact) mass is 575 g/mol. The Morgan fingerprint density at radius 3 is 2.42 bits per heavy atom. The topological polar surface area (TPSA) is 150 Å². The molecule has 4 rings (SSSR count). The summed E-state index contributed by atoms with van der Waals surface area (Å²) in [7, 11) is -3.50. The molecule has 220 valence electrons. The maximum absolute atomic E-state index is 13.1. The number of nitriles is 1. The molecule has 1 aromatic rings. The lowest BCUT2D eigenvalue weighted by atomic mass is 9.83. The zero-order valence-corrected chi connectivity index (χ0v) is 24.9. The molecule has 0 spiro atoms. The summed E-state index contributed by atoms with van der Waals surface area (Å²) in [6.07, 6.45) is 0.505. The van der Waals surface area contributed by atoms with E-state index in [4.69, 9.17) is 9.47 Å². The van der Waals surface area contributed by atoms with Gasteiger partial charge in [0.2, 0.25) is 5.91 Å². The van der Waals surface area contributed by atoms with Crippen LogP contribution in [-0.4, -0.2) is 72.7 Å². The highest BCUT2D eigenvalue weighted by Crippen LogP contribution is 2.40. The molecule has 40 heavy (non-hydrogen) atoms. The highest BCUT2D eigenvalue weighted by atomic mass is 32.2. The van der Waals surface area contributed by atoms with E-state index in [2.05, 4.69) is 22.1 Å². The van der Waals surface area contributed by atoms with E-state index in [0.717, 1.165) is 0 Å². The van der Waals surface area contributed by atoms with Crippen molar-refractivity contribution in [1.29, 1.82) is 5.26 Å². The van der Waals surface area contributed by atoms with Crippen molar-refractivity contribution in [3.8, 4) is 6.07 Å². The van der Waals surface area contributed by atoms with Crippen LogP contribution in [0.25, 0.3) is 0 Å². The smallest absolute Gasteiger partial charge is 0.335 e. The number of anilines is 1. The van der Waals surface area contributed by atoms with Crippen molar-refractivity contribution in [2.24, 2.45) is 5.92 Å². The van der Waals surface area contributed by atoms with Crippen molar-refractivity contribution < 1.29 is 27.5 Å². The zero-order chi connectivity index (χ0) is 29.5. The molecular weight excluding hydrogens is 534 g/mol. The van der Waals surface area contributed by atoms with Gasteiger partial charge in [0.1, 0.15) is 11.8 Å². The number of ether oxygens (including phenoxy) is 2. The van der Waals surface area contributed by atoms with Gasteiger partial charge in [-0.2, -0.15) is 5.26 Å². The fraction of sp³-hybridized carbons (Fsp3) is 0.679. The molecule has 0 saturated carbocycles. The summed E-state index contributed by atoms with van der Waals surface area (Å²) >= 11 is 0. The maximum atomic E-state index is 13.1. The Balaban J connectivity index is 1.55. The summed E-state index contributed by atoms with van der Waals surface area (Å²) < 4.78 is 36.2. The summed E-state index contributed by atoms with van der Waals surface area (Å²) in [6, 6.07) is 8.60. The summed E-state index contributed by atoms with van der Waals surface area (Å²) in [6.45, 7) is 11.0. The molecule has 0 aliphatic carbocycles. The Bertz CT molecular complexity index is 1250. The normalized spacial score (nSPS) is 29.7. The van der Waals surface area contributed by atoms with Crippen LogP contribution in [0, 0.1) is 17.2 Å². The summed E-state index contributed by atoms with van der Waals surface area (Å²) in [5.74, 6) is -0.990. The average Bonchev–Trinajstić information content (AvgIpc) is 3.23. The van der Waals surface area contributed by atoms with Crippen LogP contribution in [0.15, 0.2) is 29.2 Å². The number of esters is 1. The van der Waals surface area contributed by atoms with E-state index < -0.39 is 49.9 Å². The minimum atomic E-state index is -3.50. The summed E-state index contributed by atoms with van der Waals surface area (Å²) in [4.78, 5) is 25.9. The number of sulfone groups is 1. The van der Waals surface area contributed by atoms with Crippen LogP contribution >= 0.6 is 0 Å². The van der Waals surface area contributed by atoms with Crippen LogP contribution in [0.5, 0.6) is 0 Å². The standard InChI is InChI=1S/C28H41N5O6S/c1-26(2,3)39-25(35)21-11-13-28(14-15-29,17-38-21)33-20-12-16-30-24(34)22(20)23(32-33)31-18-7-9-19(10-8-18)40(36,37)27(4,5)6/h7-10,20-23,31-32H,11-14,16-17H2,1-6H3,(H,30,34)/t20?,21-,22?,23?,28-/m0/s1. The molecule has 3 aliphatic rings. The van der Waals surface area contributed by atoms with Gasteiger partial charge in [-0.3, -0.25) is 4.79 Å². The van der Waals surface area contributed by atoms with E-state index >= 15 is 0 Å². The third kappa shape index (κ3) is 5.98. The number of hydrogen-bond donors (Lipinski definition) is 3. The number of carbonyl (C=O) groups is 2. The lowest BCUT2D eigenvalue weighted by Gasteiger charge is -2.47. The van der Waals surface area contributed by atoms with E-state index in [-0.39, 0.29) is 29.9 Å². The third-order valence-electron chi connectivity index (χ3n) is 7.73. The van der Waals surface area contributed by atoms with Gasteiger partial charge in [0.05, 0.1) is 40.2 Å². The van der Waals surface area contributed by atoms with Crippen LogP contribution in [0.3, 0.4) is 0 Å². The molecule has 3 N–H and O–H groups in total. The molecule has 3 heterocycles. The highest BCUT2D eigenvalue weighted by molar-refractivity contribution is 7.92. The first-order valence-corrected chi connectivity index (χ1v) is 15.2. The van der Waals surface area contributed by atoms with Gasteiger partial charge in [-0.15, -0.1) is 0 Å². The maximum Gasteiger partial charge on any atom is 0.335 e. The second-order valence-electron chi connectivity index (χ2n) is 12.9. The largest absolute Gasteiger partial charge is 0.458 e. The quantitative estimate of drug-likeness (QED) is 0.432. The first-order valence-electron chi connectivity index (χ1n) is 13.7. The third-order valence-corrected chi connectivity index (χ3v) is 10.2. The second kappa shape index (κ2) is 10.9. The molecule has 0 radical (unpaired) electrons. The average molecular weight is 576 g/mol. The number of hydrazine groups is 1. The van der Waals surface area contributed by atoms with Crippen LogP contribution in [0.1, 0.15) is 67.2 Å². The van der Waals surface area contributed by atoms with Gasteiger partial charge < -0.3 is 20.1 Å². The van der Waals surface area contributed by atoms with Gasteiger partial charge in [0.15, 0.2) is 15.9 Å². The van der Waals surface area contributed by atoms with Gasteiger partial charge in [-0.05, 0) is 85.1 Å². The number of benzene rings is 1. The molecule has 1 aromatic carbocycles. The number of nitrogens with one attached hydrogen (secondary N) is 3. The van der Waals surface area contributed by atoms with Crippen molar-refractivity contribution >= 4 is 27.4 Å². The van der Waals surface area contributed by atoms with Gasteiger partial charge in [0, 0.05) is 18.3 Å². The molecule has 3 aliphatic heterocycles. The SMILES string of the molecule is CC(C)(C)OC(=O)[C@@H]1CC[C@@](CC#N)(N2NC(Nc3ccc(S(=O)(=O)C(C)(C)C)cc3)C3C(=O)NCCC32)CO1. The number of rotatable bonds is 6. The number of fused-ring (bicyclic) bond motifs is 1. The van der Waals surface area contributed by atoms with Gasteiger partial charge in [0.25, 0.3) is 0 Å². The minimum Gasteiger partial charge on any atom is -0.458 e.